The minimum absolute atomic E-state index is 0.224. The summed E-state index contributed by atoms with van der Waals surface area (Å²) in [6.07, 6.45) is 1.41. The van der Waals surface area contributed by atoms with Gasteiger partial charge < -0.3 is 14.8 Å². The number of hydrogen-bond donors (Lipinski definition) is 1. The van der Waals surface area contributed by atoms with Crippen molar-refractivity contribution in [2.24, 2.45) is 0 Å². The topological polar surface area (TPSA) is 105 Å². The molecule has 0 atom stereocenters. The van der Waals surface area contributed by atoms with E-state index < -0.39 is 17.8 Å². The Morgan fingerprint density at radius 1 is 0.822 bits per heavy atom. The van der Waals surface area contributed by atoms with Gasteiger partial charge in [0.25, 0.3) is 17.7 Å². The number of para-hydroxylation sites is 2. The minimum Gasteiger partial charge on any atom is -0.490 e. The summed E-state index contributed by atoms with van der Waals surface area (Å²) in [6, 6.07) is 25.0. The third kappa shape index (κ3) is 6.66. The number of carbonyl (C=O) groups is 4. The van der Waals surface area contributed by atoms with Crippen LogP contribution in [0.5, 0.6) is 11.5 Å². The number of imide groups is 2. The molecule has 10 heteroatoms. The van der Waals surface area contributed by atoms with Gasteiger partial charge in [0.2, 0.25) is 0 Å². The molecule has 5 rings (SSSR count). The maximum absolute atomic E-state index is 13.7. The molecule has 1 heterocycles. The van der Waals surface area contributed by atoms with Gasteiger partial charge in [0.15, 0.2) is 18.1 Å². The van der Waals surface area contributed by atoms with Crippen LogP contribution in [0.15, 0.2) is 101 Å². The van der Waals surface area contributed by atoms with E-state index in [4.69, 9.17) is 9.47 Å². The monoisotopic (exact) mass is 667 g/mol. The van der Waals surface area contributed by atoms with Crippen molar-refractivity contribution in [1.82, 2.24) is 0 Å². The van der Waals surface area contributed by atoms with Gasteiger partial charge in [0.05, 0.1) is 22.5 Å². The molecule has 0 aromatic heterocycles. The number of benzene rings is 4. The predicted molar refractivity (Wildman–Crippen MR) is 177 cm³/mol. The van der Waals surface area contributed by atoms with Gasteiger partial charge in [-0.05, 0) is 102 Å². The largest absolute Gasteiger partial charge is 0.490 e. The molecule has 9 nitrogen and oxygen atoms in total. The Hall–Kier alpha value is -5.22. The Balaban J connectivity index is 1.47. The fourth-order valence-electron chi connectivity index (χ4n) is 4.79. The maximum Gasteiger partial charge on any atom is 0.343 e. The van der Waals surface area contributed by atoms with Crippen LogP contribution in [0.1, 0.15) is 23.6 Å². The Bertz CT molecular complexity index is 1740. The highest BCUT2D eigenvalue weighted by Crippen LogP contribution is 2.38. The number of nitrogens with one attached hydrogen (secondary N) is 1. The average molecular weight is 669 g/mol. The number of carbonyl (C=O) groups excluding carboxylic acids is 4. The molecular weight excluding hydrogens is 638 g/mol. The molecule has 0 bridgehead atoms. The normalized spacial score (nSPS) is 13.2. The number of barbiturate groups is 1. The van der Waals surface area contributed by atoms with Crippen molar-refractivity contribution >= 4 is 62.8 Å². The number of amides is 5. The van der Waals surface area contributed by atoms with Crippen LogP contribution in [0, 0.1) is 13.8 Å². The molecule has 228 valence electrons. The summed E-state index contributed by atoms with van der Waals surface area (Å²) in [5.41, 5.74) is 3.58. The zero-order chi connectivity index (χ0) is 32.1. The first kappa shape index (κ1) is 31.2. The van der Waals surface area contributed by atoms with E-state index in [2.05, 4.69) is 21.2 Å². The van der Waals surface area contributed by atoms with Crippen molar-refractivity contribution in [2.45, 2.75) is 20.8 Å². The van der Waals surface area contributed by atoms with Crippen LogP contribution in [0.2, 0.25) is 0 Å². The average Bonchev–Trinajstić information content (AvgIpc) is 3.02. The third-order valence-corrected chi connectivity index (χ3v) is 7.74. The number of anilines is 3. The number of aryl methyl sites for hydroxylation is 1. The highest BCUT2D eigenvalue weighted by Gasteiger charge is 2.43. The molecule has 0 saturated carbocycles. The lowest BCUT2D eigenvalue weighted by molar-refractivity contribution is -0.121. The number of ether oxygens (including phenoxy) is 2. The molecule has 1 N–H and O–H groups in total. The summed E-state index contributed by atoms with van der Waals surface area (Å²) >= 11 is 3.50. The van der Waals surface area contributed by atoms with Gasteiger partial charge in [-0.15, -0.1) is 0 Å². The summed E-state index contributed by atoms with van der Waals surface area (Å²) in [6.45, 7) is 5.69. The second-order valence-corrected chi connectivity index (χ2v) is 11.0. The molecule has 4 aromatic carbocycles. The predicted octanol–water partition coefficient (Wildman–Crippen LogP) is 7.07. The standard InChI is InChI=1S/C35H30BrN3O6/c1-4-44-30-20-24(19-28(36)32(30)45-21-31(40)37-29-17-11-12-22(2)23(29)3)18-27-33(41)38(25-13-7-5-8-14-25)35(43)39(34(27)42)26-15-9-6-10-16-26/h5-20H,4,21H2,1-3H3,(H,37,40). The van der Waals surface area contributed by atoms with Gasteiger partial charge >= 0.3 is 6.03 Å². The van der Waals surface area contributed by atoms with E-state index in [-0.39, 0.29) is 30.4 Å². The van der Waals surface area contributed by atoms with E-state index in [0.717, 1.165) is 20.9 Å². The molecule has 1 aliphatic heterocycles. The molecule has 0 spiro atoms. The van der Waals surface area contributed by atoms with Crippen LogP contribution in [0.25, 0.3) is 6.08 Å². The SMILES string of the molecule is CCOc1cc(C=C2C(=O)N(c3ccccc3)C(=O)N(c3ccccc3)C2=O)cc(Br)c1OCC(=O)Nc1cccc(C)c1C. The van der Waals surface area contributed by atoms with Crippen LogP contribution >= 0.6 is 15.9 Å². The van der Waals surface area contributed by atoms with Crippen LogP contribution in [-0.4, -0.2) is 37.0 Å². The van der Waals surface area contributed by atoms with Crippen molar-refractivity contribution in [3.63, 3.8) is 0 Å². The number of hydrogen-bond acceptors (Lipinski definition) is 6. The first-order valence-corrected chi connectivity index (χ1v) is 15.0. The molecule has 0 aliphatic carbocycles. The van der Waals surface area contributed by atoms with Crippen LogP contribution in [0.3, 0.4) is 0 Å². The van der Waals surface area contributed by atoms with E-state index in [1.807, 2.05) is 32.0 Å². The first-order chi connectivity index (χ1) is 21.7. The maximum atomic E-state index is 13.7. The molecule has 0 unspecified atom stereocenters. The number of halogens is 1. The molecule has 1 fully saturated rings. The van der Waals surface area contributed by atoms with Gasteiger partial charge in [-0.25, -0.2) is 14.6 Å². The second kappa shape index (κ2) is 13.6. The first-order valence-electron chi connectivity index (χ1n) is 14.2. The van der Waals surface area contributed by atoms with E-state index in [0.29, 0.717) is 32.8 Å². The van der Waals surface area contributed by atoms with Gasteiger partial charge in [-0.2, -0.15) is 0 Å². The van der Waals surface area contributed by atoms with E-state index in [1.165, 1.54) is 6.08 Å². The van der Waals surface area contributed by atoms with Crippen molar-refractivity contribution in [3.05, 3.63) is 118 Å². The molecule has 0 radical (unpaired) electrons. The van der Waals surface area contributed by atoms with E-state index >= 15 is 0 Å². The lowest BCUT2D eigenvalue weighted by atomic mass is 10.0. The van der Waals surface area contributed by atoms with Gasteiger partial charge in [-0.1, -0.05) is 48.5 Å². The highest BCUT2D eigenvalue weighted by atomic mass is 79.9. The second-order valence-electron chi connectivity index (χ2n) is 10.1. The van der Waals surface area contributed by atoms with E-state index in [1.54, 1.807) is 79.7 Å². The van der Waals surface area contributed by atoms with Crippen LogP contribution in [0.4, 0.5) is 21.9 Å². The molecule has 45 heavy (non-hydrogen) atoms. The summed E-state index contributed by atoms with van der Waals surface area (Å²) in [5, 5.41) is 2.86. The zero-order valence-corrected chi connectivity index (χ0v) is 26.5. The van der Waals surface area contributed by atoms with Gasteiger partial charge in [0.1, 0.15) is 5.57 Å². The Morgan fingerprint density at radius 2 is 1.42 bits per heavy atom. The smallest absolute Gasteiger partial charge is 0.343 e. The van der Waals surface area contributed by atoms with Crippen LogP contribution in [-0.2, 0) is 14.4 Å². The van der Waals surface area contributed by atoms with Crippen molar-refractivity contribution in [1.29, 1.82) is 0 Å². The molecule has 5 amide bonds. The minimum atomic E-state index is -0.779. The van der Waals surface area contributed by atoms with Crippen molar-refractivity contribution in [2.75, 3.05) is 28.3 Å². The lowest BCUT2D eigenvalue weighted by Gasteiger charge is -2.34. The van der Waals surface area contributed by atoms with E-state index in [9.17, 15) is 19.2 Å². The number of nitrogens with zero attached hydrogens (tertiary/aromatic N) is 2. The fourth-order valence-corrected chi connectivity index (χ4v) is 5.36. The van der Waals surface area contributed by atoms with Crippen molar-refractivity contribution < 1.29 is 28.7 Å². The summed E-state index contributed by atoms with van der Waals surface area (Å²) < 4.78 is 12.1. The van der Waals surface area contributed by atoms with Gasteiger partial charge in [0, 0.05) is 5.69 Å². The molecular formula is C35H30BrN3O6. The Labute approximate surface area is 269 Å². The fraction of sp³-hybridized carbons (Fsp3) is 0.143. The quantitative estimate of drug-likeness (QED) is 0.151. The molecule has 4 aromatic rings. The Morgan fingerprint density at radius 3 is 2.00 bits per heavy atom. The Kier molecular flexibility index (Phi) is 9.44. The van der Waals surface area contributed by atoms with Crippen molar-refractivity contribution in [3.8, 4) is 11.5 Å². The summed E-state index contributed by atoms with van der Waals surface area (Å²) in [4.78, 5) is 55.7. The molecule has 1 saturated heterocycles. The summed E-state index contributed by atoms with van der Waals surface area (Å²) in [5.74, 6) is -1.30. The number of rotatable bonds is 9. The van der Waals surface area contributed by atoms with Crippen LogP contribution < -0.4 is 24.6 Å². The third-order valence-electron chi connectivity index (χ3n) is 7.15. The summed E-state index contributed by atoms with van der Waals surface area (Å²) in [7, 11) is 0. The highest BCUT2D eigenvalue weighted by molar-refractivity contribution is 9.10. The number of urea groups is 1. The van der Waals surface area contributed by atoms with Gasteiger partial charge in [-0.3, -0.25) is 14.4 Å². The zero-order valence-electron chi connectivity index (χ0n) is 24.9. The lowest BCUT2D eigenvalue weighted by Crippen LogP contribution is -2.57. The molecule has 1 aliphatic rings.